The molecule has 4 heteroatoms. The van der Waals surface area contributed by atoms with Crippen LogP contribution in [0, 0.1) is 6.07 Å². The summed E-state index contributed by atoms with van der Waals surface area (Å²) in [7, 11) is -2.30. The number of rotatable bonds is 5. The minimum atomic E-state index is -2.30. The summed E-state index contributed by atoms with van der Waals surface area (Å²) in [5, 5.41) is 2.83. The van der Waals surface area contributed by atoms with Crippen molar-refractivity contribution in [2.75, 3.05) is 12.4 Å². The minimum absolute atomic E-state index is 0.0638. The predicted octanol–water partition coefficient (Wildman–Crippen LogP) is 0.188. The molecule has 1 aromatic carbocycles. The lowest BCUT2D eigenvalue weighted by Gasteiger charge is -2.00. The smallest absolute Gasteiger partial charge is 0.153 e. The van der Waals surface area contributed by atoms with Gasteiger partial charge in [0.2, 0.25) is 0 Å². The highest BCUT2D eigenvalue weighted by molar-refractivity contribution is 7.72. The van der Waals surface area contributed by atoms with Crippen LogP contribution in [0.15, 0.2) is 24.3 Å². The first-order valence-corrected chi connectivity index (χ1v) is 5.43. The van der Waals surface area contributed by atoms with Crippen molar-refractivity contribution in [2.45, 2.75) is 6.42 Å². The molecule has 0 aliphatic rings. The highest BCUT2D eigenvalue weighted by Crippen LogP contribution is 1.97. The van der Waals surface area contributed by atoms with E-state index in [-0.39, 0.29) is 5.88 Å². The Hall–Kier alpha value is -0.870. The lowest BCUT2D eigenvalue weighted by Crippen LogP contribution is -2.19. The Labute approximate surface area is 79.7 Å². The molecule has 13 heavy (non-hydrogen) atoms. The van der Waals surface area contributed by atoms with Crippen molar-refractivity contribution < 1.29 is 8.42 Å². The van der Waals surface area contributed by atoms with E-state index in [2.05, 4.69) is 11.4 Å². The molecular weight excluding hydrogens is 186 g/mol. The van der Waals surface area contributed by atoms with Crippen molar-refractivity contribution in [1.29, 1.82) is 0 Å². The molecule has 0 amide bonds. The van der Waals surface area contributed by atoms with Crippen LogP contribution in [0.4, 0.5) is 0 Å². The summed E-state index contributed by atoms with van der Waals surface area (Å²) < 4.78 is 20.4. The SMILES string of the molecule is O=[SH](=O)CNCCc1cc[c]cc1. The van der Waals surface area contributed by atoms with E-state index in [1.807, 2.05) is 24.3 Å². The number of benzene rings is 1. The van der Waals surface area contributed by atoms with Gasteiger partial charge in [-0.15, -0.1) is 0 Å². The Morgan fingerprint density at radius 1 is 1.31 bits per heavy atom. The van der Waals surface area contributed by atoms with Gasteiger partial charge in [-0.2, -0.15) is 0 Å². The van der Waals surface area contributed by atoms with Gasteiger partial charge < -0.3 is 5.32 Å². The number of hydrogen-bond donors (Lipinski definition) is 2. The molecule has 0 spiro atoms. The fourth-order valence-corrected chi connectivity index (χ4v) is 1.33. The molecule has 71 valence electrons. The summed E-state index contributed by atoms with van der Waals surface area (Å²) in [6.07, 6.45) is 0.845. The molecule has 1 N–H and O–H groups in total. The molecule has 0 saturated carbocycles. The third-order valence-electron chi connectivity index (χ3n) is 1.62. The molecule has 1 rings (SSSR count). The largest absolute Gasteiger partial charge is 0.304 e. The van der Waals surface area contributed by atoms with Crippen LogP contribution in [-0.4, -0.2) is 20.8 Å². The fourth-order valence-electron chi connectivity index (χ4n) is 0.991. The van der Waals surface area contributed by atoms with E-state index in [1.165, 1.54) is 5.56 Å². The maximum absolute atomic E-state index is 10.2. The molecule has 1 aromatic rings. The van der Waals surface area contributed by atoms with Crippen molar-refractivity contribution in [3.63, 3.8) is 0 Å². The van der Waals surface area contributed by atoms with Crippen LogP contribution < -0.4 is 5.32 Å². The summed E-state index contributed by atoms with van der Waals surface area (Å²) in [5.41, 5.74) is 1.19. The molecule has 0 aromatic heterocycles. The third-order valence-corrected chi connectivity index (χ3v) is 2.10. The summed E-state index contributed by atoms with van der Waals surface area (Å²) in [6, 6.07) is 10.6. The first-order valence-electron chi connectivity index (χ1n) is 4.06. The van der Waals surface area contributed by atoms with Gasteiger partial charge in [-0.05, 0) is 18.1 Å². The second kappa shape index (κ2) is 5.72. The molecule has 0 heterocycles. The third kappa shape index (κ3) is 4.65. The van der Waals surface area contributed by atoms with Crippen molar-refractivity contribution in [3.8, 4) is 0 Å². The standard InChI is InChI=1S/C9H12NO2S/c11-13(12)8-10-7-6-9-4-2-1-3-5-9/h2-5,10,13H,6-8H2. The average molecular weight is 198 g/mol. The van der Waals surface area contributed by atoms with Crippen molar-refractivity contribution in [1.82, 2.24) is 5.32 Å². The summed E-state index contributed by atoms with van der Waals surface area (Å²) in [4.78, 5) is 0. The van der Waals surface area contributed by atoms with Crippen molar-refractivity contribution in [2.24, 2.45) is 0 Å². The lowest BCUT2D eigenvalue weighted by molar-refractivity contribution is 0.605. The quantitative estimate of drug-likeness (QED) is 0.524. The predicted molar refractivity (Wildman–Crippen MR) is 52.2 cm³/mol. The molecule has 0 aliphatic heterocycles. The first-order chi connectivity index (χ1) is 6.29. The van der Waals surface area contributed by atoms with Crippen LogP contribution in [0.5, 0.6) is 0 Å². The first kappa shape index (κ1) is 10.2. The van der Waals surface area contributed by atoms with E-state index in [1.54, 1.807) is 0 Å². The summed E-state index contributed by atoms with van der Waals surface area (Å²) in [5.74, 6) is 0.0638. The Morgan fingerprint density at radius 2 is 2.00 bits per heavy atom. The van der Waals surface area contributed by atoms with Crippen molar-refractivity contribution >= 4 is 10.7 Å². The second-order valence-corrected chi connectivity index (χ2v) is 3.63. The van der Waals surface area contributed by atoms with Gasteiger partial charge in [-0.1, -0.05) is 24.3 Å². The van der Waals surface area contributed by atoms with E-state index >= 15 is 0 Å². The van der Waals surface area contributed by atoms with Gasteiger partial charge in [-0.3, -0.25) is 0 Å². The van der Waals surface area contributed by atoms with Gasteiger partial charge >= 0.3 is 0 Å². The maximum atomic E-state index is 10.2. The monoisotopic (exact) mass is 198 g/mol. The maximum Gasteiger partial charge on any atom is 0.153 e. The van der Waals surface area contributed by atoms with Crippen LogP contribution in [0.1, 0.15) is 5.56 Å². The summed E-state index contributed by atoms with van der Waals surface area (Å²) >= 11 is 0. The lowest BCUT2D eigenvalue weighted by atomic mass is 10.2. The molecule has 0 unspecified atom stereocenters. The zero-order valence-electron chi connectivity index (χ0n) is 7.19. The van der Waals surface area contributed by atoms with Gasteiger partial charge in [0.15, 0.2) is 10.7 Å². The van der Waals surface area contributed by atoms with Crippen LogP contribution >= 0.6 is 0 Å². The average Bonchev–Trinajstić information content (AvgIpc) is 2.14. The van der Waals surface area contributed by atoms with Gasteiger partial charge in [0.05, 0.1) is 5.88 Å². The summed E-state index contributed by atoms with van der Waals surface area (Å²) in [6.45, 7) is 0.688. The molecule has 0 aliphatic carbocycles. The van der Waals surface area contributed by atoms with Gasteiger partial charge in [0, 0.05) is 6.54 Å². The van der Waals surface area contributed by atoms with Crippen LogP contribution in [0.2, 0.25) is 0 Å². The van der Waals surface area contributed by atoms with Gasteiger partial charge in [-0.25, -0.2) is 8.42 Å². The topological polar surface area (TPSA) is 46.2 Å². The van der Waals surface area contributed by atoms with E-state index in [4.69, 9.17) is 0 Å². The Morgan fingerprint density at radius 3 is 2.62 bits per heavy atom. The second-order valence-electron chi connectivity index (χ2n) is 2.65. The molecule has 0 atom stereocenters. The Kier molecular flexibility index (Phi) is 4.49. The normalized spacial score (nSPS) is 10.5. The van der Waals surface area contributed by atoms with E-state index in [9.17, 15) is 8.42 Å². The highest BCUT2D eigenvalue weighted by atomic mass is 32.2. The van der Waals surface area contributed by atoms with E-state index in [0.29, 0.717) is 6.54 Å². The van der Waals surface area contributed by atoms with Crippen molar-refractivity contribution in [3.05, 3.63) is 35.9 Å². The molecular formula is C9H12NO2S. The van der Waals surface area contributed by atoms with Crippen LogP contribution in [0.3, 0.4) is 0 Å². The Bertz CT molecular complexity index is 301. The zero-order chi connectivity index (χ0) is 9.52. The number of nitrogens with one attached hydrogen (secondary N) is 1. The van der Waals surface area contributed by atoms with Crippen LogP contribution in [0.25, 0.3) is 0 Å². The minimum Gasteiger partial charge on any atom is -0.304 e. The fraction of sp³-hybridized carbons (Fsp3) is 0.333. The van der Waals surface area contributed by atoms with Crippen LogP contribution in [-0.2, 0) is 17.1 Å². The number of hydrogen-bond acceptors (Lipinski definition) is 3. The highest BCUT2D eigenvalue weighted by Gasteiger charge is 1.91. The van der Waals surface area contributed by atoms with Gasteiger partial charge in [0.25, 0.3) is 0 Å². The van der Waals surface area contributed by atoms with E-state index in [0.717, 1.165) is 6.42 Å². The zero-order valence-corrected chi connectivity index (χ0v) is 8.09. The molecule has 0 saturated heterocycles. The molecule has 3 nitrogen and oxygen atoms in total. The number of thiol groups is 1. The van der Waals surface area contributed by atoms with E-state index < -0.39 is 10.7 Å². The molecule has 0 fully saturated rings. The molecule has 0 bridgehead atoms. The molecule has 1 radical (unpaired) electrons. The van der Waals surface area contributed by atoms with Gasteiger partial charge in [0.1, 0.15) is 0 Å². The Balaban J connectivity index is 2.20.